The van der Waals surface area contributed by atoms with E-state index in [0.717, 1.165) is 22.4 Å². The molecule has 86 valence electrons. The molecule has 0 saturated carbocycles. The van der Waals surface area contributed by atoms with E-state index in [4.69, 9.17) is 0 Å². The third-order valence-corrected chi connectivity index (χ3v) is 2.38. The van der Waals surface area contributed by atoms with Gasteiger partial charge in [0.05, 0.1) is 0 Å². The SMILES string of the molecule is C=C(C)N=c1c(-c2ccccc2)nccn1C. The molecule has 1 aromatic heterocycles. The highest BCUT2D eigenvalue weighted by atomic mass is 15.0. The first-order valence-electron chi connectivity index (χ1n) is 5.46. The van der Waals surface area contributed by atoms with Crippen LogP contribution in [0.2, 0.25) is 0 Å². The van der Waals surface area contributed by atoms with Crippen LogP contribution < -0.4 is 5.49 Å². The maximum Gasteiger partial charge on any atom is 0.159 e. The largest absolute Gasteiger partial charge is 0.333 e. The number of hydrogen-bond acceptors (Lipinski definition) is 2. The normalized spacial score (nSPS) is 11.5. The van der Waals surface area contributed by atoms with Crippen LogP contribution in [0.1, 0.15) is 6.92 Å². The van der Waals surface area contributed by atoms with Crippen molar-refractivity contribution in [3.05, 3.63) is 60.5 Å². The van der Waals surface area contributed by atoms with Crippen LogP contribution in [0.5, 0.6) is 0 Å². The molecule has 2 rings (SSSR count). The average Bonchev–Trinajstić information content (AvgIpc) is 2.32. The van der Waals surface area contributed by atoms with Crippen molar-refractivity contribution in [2.75, 3.05) is 0 Å². The molecule has 0 aliphatic carbocycles. The van der Waals surface area contributed by atoms with E-state index in [1.807, 2.05) is 55.1 Å². The van der Waals surface area contributed by atoms with Crippen molar-refractivity contribution in [3.63, 3.8) is 0 Å². The molecule has 0 N–H and O–H groups in total. The molecule has 0 unspecified atom stereocenters. The Morgan fingerprint density at radius 1 is 1.29 bits per heavy atom. The van der Waals surface area contributed by atoms with E-state index < -0.39 is 0 Å². The van der Waals surface area contributed by atoms with Crippen molar-refractivity contribution in [1.29, 1.82) is 0 Å². The summed E-state index contributed by atoms with van der Waals surface area (Å²) < 4.78 is 1.95. The fourth-order valence-electron chi connectivity index (χ4n) is 1.62. The predicted octanol–water partition coefficient (Wildman–Crippen LogP) is 2.52. The zero-order chi connectivity index (χ0) is 12.3. The van der Waals surface area contributed by atoms with Gasteiger partial charge < -0.3 is 4.57 Å². The Morgan fingerprint density at radius 2 is 2.00 bits per heavy atom. The van der Waals surface area contributed by atoms with Crippen LogP contribution in [0.3, 0.4) is 0 Å². The van der Waals surface area contributed by atoms with Gasteiger partial charge in [-0.2, -0.15) is 0 Å². The van der Waals surface area contributed by atoms with Gasteiger partial charge in [-0.05, 0) is 6.92 Å². The molecule has 0 amide bonds. The summed E-state index contributed by atoms with van der Waals surface area (Å²) in [6.45, 7) is 5.70. The smallest absolute Gasteiger partial charge is 0.159 e. The molecule has 0 saturated heterocycles. The van der Waals surface area contributed by atoms with Crippen LogP contribution in [-0.4, -0.2) is 9.55 Å². The number of nitrogens with zero attached hydrogens (tertiary/aromatic N) is 3. The summed E-state index contributed by atoms with van der Waals surface area (Å²) in [5.74, 6) is 0. The van der Waals surface area contributed by atoms with Crippen LogP contribution in [0, 0.1) is 0 Å². The summed E-state index contributed by atoms with van der Waals surface area (Å²) in [6.07, 6.45) is 3.66. The summed E-state index contributed by atoms with van der Waals surface area (Å²) in [4.78, 5) is 8.85. The Bertz CT molecular complexity index is 594. The summed E-state index contributed by atoms with van der Waals surface area (Å²) in [6, 6.07) is 10.0. The van der Waals surface area contributed by atoms with E-state index in [0.29, 0.717) is 0 Å². The summed E-state index contributed by atoms with van der Waals surface area (Å²) in [5.41, 5.74) is 3.53. The van der Waals surface area contributed by atoms with E-state index in [-0.39, 0.29) is 0 Å². The van der Waals surface area contributed by atoms with Gasteiger partial charge in [-0.1, -0.05) is 36.9 Å². The Balaban J connectivity index is 2.71. The van der Waals surface area contributed by atoms with Crippen LogP contribution >= 0.6 is 0 Å². The van der Waals surface area contributed by atoms with Gasteiger partial charge in [0.2, 0.25) is 0 Å². The van der Waals surface area contributed by atoms with Gasteiger partial charge in [0.15, 0.2) is 5.49 Å². The number of aryl methyl sites for hydroxylation is 1. The molecule has 3 nitrogen and oxygen atoms in total. The summed E-state index contributed by atoms with van der Waals surface area (Å²) in [5, 5.41) is 0. The molecule has 0 atom stereocenters. The highest BCUT2D eigenvalue weighted by molar-refractivity contribution is 5.57. The monoisotopic (exact) mass is 225 g/mol. The Morgan fingerprint density at radius 3 is 2.65 bits per heavy atom. The van der Waals surface area contributed by atoms with E-state index >= 15 is 0 Å². The number of allylic oxidation sites excluding steroid dienone is 1. The first-order valence-corrected chi connectivity index (χ1v) is 5.46. The Kier molecular flexibility index (Phi) is 3.19. The fourth-order valence-corrected chi connectivity index (χ4v) is 1.62. The molecule has 0 fully saturated rings. The van der Waals surface area contributed by atoms with Crippen LogP contribution in [0.15, 0.2) is 60.0 Å². The molecule has 2 aromatic rings. The molecule has 17 heavy (non-hydrogen) atoms. The molecule has 0 radical (unpaired) electrons. The van der Waals surface area contributed by atoms with E-state index in [1.54, 1.807) is 6.20 Å². The lowest BCUT2D eigenvalue weighted by Crippen LogP contribution is -2.21. The first kappa shape index (κ1) is 11.3. The maximum absolute atomic E-state index is 4.44. The minimum atomic E-state index is 0.769. The molecule has 3 heteroatoms. The van der Waals surface area contributed by atoms with E-state index in [9.17, 15) is 0 Å². The minimum absolute atomic E-state index is 0.769. The second kappa shape index (κ2) is 4.78. The van der Waals surface area contributed by atoms with Gasteiger partial charge in [0.25, 0.3) is 0 Å². The van der Waals surface area contributed by atoms with Gasteiger partial charge in [0.1, 0.15) is 5.69 Å². The van der Waals surface area contributed by atoms with Crippen molar-refractivity contribution >= 4 is 0 Å². The molecule has 1 aromatic carbocycles. The highest BCUT2D eigenvalue weighted by Gasteiger charge is 2.03. The van der Waals surface area contributed by atoms with E-state index in [1.165, 1.54) is 0 Å². The van der Waals surface area contributed by atoms with Gasteiger partial charge in [0, 0.05) is 30.7 Å². The predicted molar refractivity (Wildman–Crippen MR) is 69.0 cm³/mol. The van der Waals surface area contributed by atoms with Crippen molar-refractivity contribution in [2.45, 2.75) is 6.92 Å². The third-order valence-electron chi connectivity index (χ3n) is 2.38. The lowest BCUT2D eigenvalue weighted by Gasteiger charge is -2.05. The Hall–Kier alpha value is -2.16. The number of rotatable bonds is 2. The second-order valence-electron chi connectivity index (χ2n) is 3.92. The molecular formula is C14H15N3. The molecular weight excluding hydrogens is 210 g/mol. The zero-order valence-electron chi connectivity index (χ0n) is 10.1. The first-order chi connectivity index (χ1) is 8.18. The van der Waals surface area contributed by atoms with Gasteiger partial charge in [-0.15, -0.1) is 0 Å². The number of benzene rings is 1. The highest BCUT2D eigenvalue weighted by Crippen LogP contribution is 2.11. The molecule has 0 aliphatic heterocycles. The average molecular weight is 225 g/mol. The van der Waals surface area contributed by atoms with Crippen LogP contribution in [0.25, 0.3) is 11.3 Å². The number of hydrogen-bond donors (Lipinski definition) is 0. The van der Waals surface area contributed by atoms with Crippen LogP contribution in [-0.2, 0) is 7.05 Å². The second-order valence-corrected chi connectivity index (χ2v) is 3.92. The topological polar surface area (TPSA) is 30.2 Å². The molecule has 0 bridgehead atoms. The lowest BCUT2D eigenvalue weighted by molar-refractivity contribution is 0.813. The van der Waals surface area contributed by atoms with Crippen LogP contribution in [0.4, 0.5) is 0 Å². The number of aromatic nitrogens is 2. The maximum atomic E-state index is 4.44. The lowest BCUT2D eigenvalue weighted by atomic mass is 10.1. The minimum Gasteiger partial charge on any atom is -0.333 e. The Labute approximate surface area is 101 Å². The standard InChI is InChI=1S/C14H15N3/c1-11(2)16-14-13(15-9-10-17(14)3)12-7-5-4-6-8-12/h4-10H,1H2,2-3H3. The summed E-state index contributed by atoms with van der Waals surface area (Å²) >= 11 is 0. The summed E-state index contributed by atoms with van der Waals surface area (Å²) in [7, 11) is 1.95. The fraction of sp³-hybridized carbons (Fsp3) is 0.143. The van der Waals surface area contributed by atoms with Crippen molar-refractivity contribution in [1.82, 2.24) is 9.55 Å². The van der Waals surface area contributed by atoms with Crippen molar-refractivity contribution < 1.29 is 0 Å². The zero-order valence-corrected chi connectivity index (χ0v) is 10.1. The van der Waals surface area contributed by atoms with Crippen molar-refractivity contribution in [3.8, 4) is 11.3 Å². The van der Waals surface area contributed by atoms with Gasteiger partial charge in [-0.3, -0.25) is 4.98 Å². The quantitative estimate of drug-likeness (QED) is 0.772. The van der Waals surface area contributed by atoms with Gasteiger partial charge in [-0.25, -0.2) is 4.99 Å². The van der Waals surface area contributed by atoms with Gasteiger partial charge >= 0.3 is 0 Å². The van der Waals surface area contributed by atoms with E-state index in [2.05, 4.69) is 16.6 Å². The molecule has 1 heterocycles. The molecule has 0 spiro atoms. The molecule has 0 aliphatic rings. The third kappa shape index (κ3) is 2.50. The van der Waals surface area contributed by atoms with Crippen molar-refractivity contribution in [2.24, 2.45) is 12.0 Å².